The molecule has 1 heterocycles. The number of nitrogens with zero attached hydrogens (tertiary/aromatic N) is 2. The third kappa shape index (κ3) is 2.19. The number of rotatable bonds is 1. The van der Waals surface area contributed by atoms with Crippen molar-refractivity contribution in [3.05, 3.63) is 60.2 Å². The number of benzene rings is 1. The quantitative estimate of drug-likeness (QED) is 0.778. The normalized spacial score (nSPS) is 10.1. The molecule has 0 radical (unpaired) electrons. The summed E-state index contributed by atoms with van der Waals surface area (Å²) < 4.78 is 14.6. The Bertz CT molecular complexity index is 773. The van der Waals surface area contributed by atoms with Gasteiger partial charge in [-0.3, -0.25) is 14.3 Å². The molecule has 2 aromatic rings. The minimum Gasteiger partial charge on any atom is -0.273 e. The van der Waals surface area contributed by atoms with E-state index in [0.717, 1.165) is 10.8 Å². The van der Waals surface area contributed by atoms with Gasteiger partial charge >= 0.3 is 5.69 Å². The van der Waals surface area contributed by atoms with Crippen LogP contribution in [0.4, 0.5) is 4.39 Å². The predicted molar refractivity (Wildman–Crippen MR) is 70.0 cm³/mol. The van der Waals surface area contributed by atoms with Crippen molar-refractivity contribution in [2.45, 2.75) is 0 Å². The first-order valence-corrected chi connectivity index (χ1v) is 5.82. The second kappa shape index (κ2) is 4.73. The molecule has 0 aliphatic heterocycles. The average Bonchev–Trinajstić information content (AvgIpc) is 2.30. The number of H-pyrrole nitrogens is 1. The molecule has 0 atom stereocenters. The fraction of sp³-hybridized carbons (Fsp3) is 0. The van der Waals surface area contributed by atoms with Crippen molar-refractivity contribution in [3.63, 3.8) is 0 Å². The van der Waals surface area contributed by atoms with Gasteiger partial charge in [0.15, 0.2) is 0 Å². The Morgan fingerprint density at radius 1 is 1.39 bits per heavy atom. The SMILES string of the molecule is N#Cc1cn(-c2ccc(F)cc2I)c(=O)[nH]c1=O. The maximum Gasteiger partial charge on any atom is 0.333 e. The van der Waals surface area contributed by atoms with Gasteiger partial charge in [0, 0.05) is 9.77 Å². The zero-order chi connectivity index (χ0) is 13.3. The van der Waals surface area contributed by atoms with E-state index in [1.54, 1.807) is 6.07 Å². The first kappa shape index (κ1) is 12.5. The number of nitrogens with one attached hydrogen (secondary N) is 1. The van der Waals surface area contributed by atoms with Crippen LogP contribution in [0.25, 0.3) is 5.69 Å². The van der Waals surface area contributed by atoms with Crippen LogP contribution in [-0.2, 0) is 0 Å². The van der Waals surface area contributed by atoms with Crippen LogP contribution in [0.1, 0.15) is 5.56 Å². The molecule has 0 fully saturated rings. The topological polar surface area (TPSA) is 78.7 Å². The van der Waals surface area contributed by atoms with E-state index in [9.17, 15) is 14.0 Å². The maximum atomic E-state index is 13.0. The van der Waals surface area contributed by atoms with Gasteiger partial charge in [-0.25, -0.2) is 9.18 Å². The first-order chi connectivity index (χ1) is 8.52. The molecule has 1 aromatic heterocycles. The smallest absolute Gasteiger partial charge is 0.273 e. The summed E-state index contributed by atoms with van der Waals surface area (Å²) in [6, 6.07) is 5.53. The molecule has 90 valence electrons. The van der Waals surface area contributed by atoms with E-state index in [2.05, 4.69) is 0 Å². The van der Waals surface area contributed by atoms with Crippen molar-refractivity contribution in [1.29, 1.82) is 5.26 Å². The molecule has 0 bridgehead atoms. The van der Waals surface area contributed by atoms with E-state index >= 15 is 0 Å². The molecule has 0 aliphatic rings. The Balaban J connectivity index is 2.76. The monoisotopic (exact) mass is 357 g/mol. The fourth-order valence-corrected chi connectivity index (χ4v) is 2.14. The highest BCUT2D eigenvalue weighted by Gasteiger charge is 2.09. The van der Waals surface area contributed by atoms with Crippen molar-refractivity contribution in [2.24, 2.45) is 0 Å². The van der Waals surface area contributed by atoms with Crippen LogP contribution >= 0.6 is 22.6 Å². The maximum absolute atomic E-state index is 13.0. The minimum absolute atomic E-state index is 0.185. The summed E-state index contributed by atoms with van der Waals surface area (Å²) >= 11 is 1.86. The zero-order valence-electron chi connectivity index (χ0n) is 8.78. The van der Waals surface area contributed by atoms with Gasteiger partial charge in [-0.2, -0.15) is 5.26 Å². The largest absolute Gasteiger partial charge is 0.333 e. The third-order valence-corrected chi connectivity index (χ3v) is 3.10. The summed E-state index contributed by atoms with van der Waals surface area (Å²) in [5, 5.41) is 8.75. The molecule has 2 rings (SSSR count). The van der Waals surface area contributed by atoms with E-state index in [0.29, 0.717) is 9.26 Å². The summed E-state index contributed by atoms with van der Waals surface area (Å²) in [6.45, 7) is 0. The lowest BCUT2D eigenvalue weighted by atomic mass is 10.3. The molecule has 1 N–H and O–H groups in total. The Labute approximate surface area is 114 Å². The predicted octanol–water partition coefficient (Wildman–Crippen LogP) is 1.14. The number of hydrogen-bond acceptors (Lipinski definition) is 3. The van der Waals surface area contributed by atoms with E-state index in [4.69, 9.17) is 5.26 Å². The van der Waals surface area contributed by atoms with Crippen molar-refractivity contribution >= 4 is 22.6 Å². The van der Waals surface area contributed by atoms with Gasteiger partial charge in [-0.05, 0) is 40.8 Å². The van der Waals surface area contributed by atoms with Gasteiger partial charge < -0.3 is 0 Å². The van der Waals surface area contributed by atoms with Gasteiger partial charge in [0.2, 0.25) is 0 Å². The summed E-state index contributed by atoms with van der Waals surface area (Å²) in [5.41, 5.74) is -1.20. The number of nitriles is 1. The standard InChI is InChI=1S/C11H5FIN3O2/c12-7-1-2-9(8(13)3-7)16-5-6(4-14)10(17)15-11(16)18/h1-3,5H,(H,15,17,18). The van der Waals surface area contributed by atoms with Gasteiger partial charge in [0.1, 0.15) is 17.4 Å². The number of halogens is 2. The fourth-order valence-electron chi connectivity index (χ4n) is 1.41. The Morgan fingerprint density at radius 3 is 2.72 bits per heavy atom. The molecule has 0 unspecified atom stereocenters. The van der Waals surface area contributed by atoms with Crippen LogP contribution in [-0.4, -0.2) is 9.55 Å². The van der Waals surface area contributed by atoms with Crippen molar-refractivity contribution in [3.8, 4) is 11.8 Å². The van der Waals surface area contributed by atoms with Crippen molar-refractivity contribution in [1.82, 2.24) is 9.55 Å². The molecule has 18 heavy (non-hydrogen) atoms. The van der Waals surface area contributed by atoms with Gasteiger partial charge in [0.05, 0.1) is 5.69 Å². The third-order valence-electron chi connectivity index (χ3n) is 2.23. The van der Waals surface area contributed by atoms with Gasteiger partial charge in [-0.1, -0.05) is 0 Å². The molecule has 0 saturated heterocycles. The Hall–Kier alpha value is -1.95. The summed E-state index contributed by atoms with van der Waals surface area (Å²) in [7, 11) is 0. The minimum atomic E-state index is -0.740. The summed E-state index contributed by atoms with van der Waals surface area (Å²) in [6.07, 6.45) is 1.14. The van der Waals surface area contributed by atoms with Crippen LogP contribution in [0.15, 0.2) is 34.0 Å². The second-order valence-electron chi connectivity index (χ2n) is 3.38. The van der Waals surface area contributed by atoms with Crippen molar-refractivity contribution in [2.75, 3.05) is 0 Å². The average molecular weight is 357 g/mol. The second-order valence-corrected chi connectivity index (χ2v) is 4.54. The molecule has 7 heteroatoms. The van der Waals surface area contributed by atoms with Crippen LogP contribution in [0.3, 0.4) is 0 Å². The number of aromatic amines is 1. The van der Waals surface area contributed by atoms with Crippen LogP contribution in [0, 0.1) is 20.7 Å². The van der Waals surface area contributed by atoms with Crippen LogP contribution < -0.4 is 11.2 Å². The van der Waals surface area contributed by atoms with Crippen molar-refractivity contribution < 1.29 is 4.39 Å². The van der Waals surface area contributed by atoms with E-state index in [1.807, 2.05) is 27.6 Å². The lowest BCUT2D eigenvalue weighted by Crippen LogP contribution is -2.30. The van der Waals surface area contributed by atoms with E-state index in [1.165, 1.54) is 18.2 Å². The zero-order valence-corrected chi connectivity index (χ0v) is 10.9. The first-order valence-electron chi connectivity index (χ1n) is 4.74. The van der Waals surface area contributed by atoms with Crippen LogP contribution in [0.5, 0.6) is 0 Å². The molecule has 0 saturated carbocycles. The Morgan fingerprint density at radius 2 is 2.11 bits per heavy atom. The number of aromatic nitrogens is 2. The lowest BCUT2D eigenvalue weighted by Gasteiger charge is -2.07. The molecular formula is C11H5FIN3O2. The number of hydrogen-bond donors (Lipinski definition) is 1. The summed E-state index contributed by atoms with van der Waals surface area (Å²) in [4.78, 5) is 24.9. The highest BCUT2D eigenvalue weighted by atomic mass is 127. The molecule has 5 nitrogen and oxygen atoms in total. The summed E-state index contributed by atoms with van der Waals surface area (Å²) in [5.74, 6) is -0.430. The highest BCUT2D eigenvalue weighted by Crippen LogP contribution is 2.16. The van der Waals surface area contributed by atoms with Gasteiger partial charge in [-0.15, -0.1) is 0 Å². The molecular weight excluding hydrogens is 352 g/mol. The lowest BCUT2D eigenvalue weighted by molar-refractivity contribution is 0.626. The van der Waals surface area contributed by atoms with Gasteiger partial charge in [0.25, 0.3) is 5.56 Å². The van der Waals surface area contributed by atoms with Crippen LogP contribution in [0.2, 0.25) is 0 Å². The molecule has 0 aliphatic carbocycles. The molecule has 1 aromatic carbocycles. The van der Waals surface area contributed by atoms with E-state index < -0.39 is 17.1 Å². The molecule has 0 amide bonds. The Kier molecular flexibility index (Phi) is 3.29. The van der Waals surface area contributed by atoms with E-state index in [-0.39, 0.29) is 5.56 Å². The molecule has 0 spiro atoms. The highest BCUT2D eigenvalue weighted by molar-refractivity contribution is 14.1.